The van der Waals surface area contributed by atoms with E-state index in [0.717, 1.165) is 5.56 Å². The van der Waals surface area contributed by atoms with Gasteiger partial charge in [0.25, 0.3) is 5.91 Å². The third-order valence-electron chi connectivity index (χ3n) is 2.55. The summed E-state index contributed by atoms with van der Waals surface area (Å²) < 4.78 is 4.66. The number of rotatable bonds is 1. The Kier molecular flexibility index (Phi) is 2.19. The Labute approximate surface area is 87.4 Å². The molecule has 0 fully saturated rings. The van der Waals surface area contributed by atoms with Gasteiger partial charge in [0.15, 0.2) is 0 Å². The molecule has 0 atom stereocenters. The van der Waals surface area contributed by atoms with Crippen LogP contribution < -0.4 is 0 Å². The summed E-state index contributed by atoms with van der Waals surface area (Å²) in [7, 11) is 3.05. The van der Waals surface area contributed by atoms with Gasteiger partial charge in [0.2, 0.25) is 0 Å². The molecule has 0 saturated heterocycles. The summed E-state index contributed by atoms with van der Waals surface area (Å²) in [5.41, 5.74) is 1.84. The molecule has 1 aromatic rings. The molecular formula is C11H11NO3. The summed E-state index contributed by atoms with van der Waals surface area (Å²) in [6.07, 6.45) is 0. The number of methoxy groups -OCH3 is 1. The van der Waals surface area contributed by atoms with Crippen LogP contribution in [0, 0.1) is 0 Å². The highest BCUT2D eigenvalue weighted by molar-refractivity contribution is 6.02. The second-order valence-corrected chi connectivity index (χ2v) is 3.48. The molecule has 1 aromatic carbocycles. The highest BCUT2D eigenvalue weighted by Gasteiger charge is 2.28. The van der Waals surface area contributed by atoms with Gasteiger partial charge in [0.05, 0.1) is 12.7 Å². The first-order chi connectivity index (χ1) is 7.15. The fraction of sp³-hybridized carbons (Fsp3) is 0.273. The second kappa shape index (κ2) is 3.38. The number of nitrogens with zero attached hydrogens (tertiary/aromatic N) is 1. The molecule has 0 aliphatic carbocycles. The van der Waals surface area contributed by atoms with Crippen molar-refractivity contribution in [3.8, 4) is 0 Å². The average Bonchev–Trinajstić information content (AvgIpc) is 2.54. The molecule has 2 rings (SSSR count). The Morgan fingerprint density at radius 1 is 1.47 bits per heavy atom. The highest BCUT2D eigenvalue weighted by atomic mass is 16.5. The predicted molar refractivity (Wildman–Crippen MR) is 53.6 cm³/mol. The van der Waals surface area contributed by atoms with Gasteiger partial charge in [-0.2, -0.15) is 0 Å². The SMILES string of the molecule is COC(=O)c1cccc2c1CN(C)C2=O. The van der Waals surface area contributed by atoms with Gasteiger partial charge in [-0.3, -0.25) is 4.79 Å². The Morgan fingerprint density at radius 2 is 2.20 bits per heavy atom. The van der Waals surface area contributed by atoms with Crippen LogP contribution in [0.2, 0.25) is 0 Å². The largest absolute Gasteiger partial charge is 0.465 e. The number of esters is 1. The maximum Gasteiger partial charge on any atom is 0.338 e. The third kappa shape index (κ3) is 1.38. The average molecular weight is 205 g/mol. The first-order valence-corrected chi connectivity index (χ1v) is 4.61. The van der Waals surface area contributed by atoms with Crippen molar-refractivity contribution < 1.29 is 14.3 Å². The zero-order valence-corrected chi connectivity index (χ0v) is 8.61. The molecule has 1 aliphatic rings. The lowest BCUT2D eigenvalue weighted by Crippen LogP contribution is -2.17. The summed E-state index contributed by atoms with van der Waals surface area (Å²) in [6, 6.07) is 5.10. The van der Waals surface area contributed by atoms with Crippen molar-refractivity contribution in [2.75, 3.05) is 14.2 Å². The first-order valence-electron chi connectivity index (χ1n) is 4.61. The van der Waals surface area contributed by atoms with Crippen LogP contribution in [0.3, 0.4) is 0 Å². The Morgan fingerprint density at radius 3 is 2.87 bits per heavy atom. The van der Waals surface area contributed by atoms with E-state index in [9.17, 15) is 9.59 Å². The minimum Gasteiger partial charge on any atom is -0.465 e. The molecule has 15 heavy (non-hydrogen) atoms. The van der Waals surface area contributed by atoms with Gasteiger partial charge >= 0.3 is 5.97 Å². The zero-order valence-electron chi connectivity index (χ0n) is 8.61. The molecule has 0 bridgehead atoms. The van der Waals surface area contributed by atoms with Crippen LogP contribution in [0.15, 0.2) is 18.2 Å². The lowest BCUT2D eigenvalue weighted by Gasteiger charge is -2.06. The van der Waals surface area contributed by atoms with E-state index in [1.807, 2.05) is 0 Å². The maximum atomic E-state index is 11.6. The number of fused-ring (bicyclic) bond motifs is 1. The number of benzene rings is 1. The van der Waals surface area contributed by atoms with E-state index in [1.54, 1.807) is 30.1 Å². The van der Waals surface area contributed by atoms with Crippen molar-refractivity contribution in [1.29, 1.82) is 0 Å². The molecule has 0 radical (unpaired) electrons. The fourth-order valence-corrected chi connectivity index (χ4v) is 1.77. The van der Waals surface area contributed by atoms with Gasteiger partial charge in [-0.25, -0.2) is 4.79 Å². The van der Waals surface area contributed by atoms with E-state index in [1.165, 1.54) is 7.11 Å². The molecule has 4 heteroatoms. The van der Waals surface area contributed by atoms with Gasteiger partial charge in [-0.05, 0) is 17.7 Å². The first kappa shape index (κ1) is 9.71. The molecule has 78 valence electrons. The Bertz CT molecular complexity index is 439. The minimum absolute atomic E-state index is 0.0456. The molecule has 1 amide bonds. The molecule has 0 aromatic heterocycles. The second-order valence-electron chi connectivity index (χ2n) is 3.48. The van der Waals surface area contributed by atoms with E-state index < -0.39 is 5.97 Å². The van der Waals surface area contributed by atoms with Gasteiger partial charge in [-0.15, -0.1) is 0 Å². The van der Waals surface area contributed by atoms with Crippen LogP contribution in [0.5, 0.6) is 0 Å². The number of ether oxygens (including phenoxy) is 1. The van der Waals surface area contributed by atoms with E-state index in [2.05, 4.69) is 4.74 Å². The molecule has 0 saturated carbocycles. The normalized spacial score (nSPS) is 14.0. The smallest absolute Gasteiger partial charge is 0.338 e. The molecule has 1 aliphatic heterocycles. The molecule has 4 nitrogen and oxygen atoms in total. The summed E-state index contributed by atoms with van der Waals surface area (Å²) in [5, 5.41) is 0. The topological polar surface area (TPSA) is 46.6 Å². The molecule has 0 unspecified atom stereocenters. The van der Waals surface area contributed by atoms with Crippen LogP contribution in [0.25, 0.3) is 0 Å². The van der Waals surface area contributed by atoms with Crippen molar-refractivity contribution in [2.24, 2.45) is 0 Å². The number of amides is 1. The number of hydrogen-bond donors (Lipinski definition) is 0. The minimum atomic E-state index is -0.394. The quantitative estimate of drug-likeness (QED) is 0.644. The van der Waals surface area contributed by atoms with Crippen LogP contribution in [-0.2, 0) is 11.3 Å². The lowest BCUT2D eigenvalue weighted by molar-refractivity contribution is 0.0598. The Hall–Kier alpha value is -1.84. The summed E-state index contributed by atoms with van der Waals surface area (Å²) in [4.78, 5) is 24.6. The summed E-state index contributed by atoms with van der Waals surface area (Å²) in [5.74, 6) is -0.439. The molecule has 0 N–H and O–H groups in total. The van der Waals surface area contributed by atoms with Gasteiger partial charge in [-0.1, -0.05) is 6.07 Å². The van der Waals surface area contributed by atoms with E-state index >= 15 is 0 Å². The lowest BCUT2D eigenvalue weighted by atomic mass is 10.0. The third-order valence-corrected chi connectivity index (χ3v) is 2.55. The standard InChI is InChI=1S/C11H11NO3/c1-12-6-9-7(10(12)13)4-3-5-8(9)11(14)15-2/h3-5H,6H2,1-2H3. The van der Waals surface area contributed by atoms with E-state index in [0.29, 0.717) is 17.7 Å². The number of carbonyl (C=O) groups excluding carboxylic acids is 2. The number of carbonyl (C=O) groups is 2. The fourth-order valence-electron chi connectivity index (χ4n) is 1.77. The summed E-state index contributed by atoms with van der Waals surface area (Å²) in [6.45, 7) is 0.472. The van der Waals surface area contributed by atoms with E-state index in [4.69, 9.17) is 0 Å². The van der Waals surface area contributed by atoms with E-state index in [-0.39, 0.29) is 5.91 Å². The molecule has 0 spiro atoms. The van der Waals surface area contributed by atoms with Crippen LogP contribution in [0.1, 0.15) is 26.3 Å². The molecule has 1 heterocycles. The molecular weight excluding hydrogens is 194 g/mol. The predicted octanol–water partition coefficient (Wildman–Crippen LogP) is 1.06. The monoisotopic (exact) mass is 205 g/mol. The van der Waals surface area contributed by atoms with Crippen LogP contribution >= 0.6 is 0 Å². The Balaban J connectivity index is 2.54. The van der Waals surface area contributed by atoms with Gasteiger partial charge in [0, 0.05) is 19.2 Å². The van der Waals surface area contributed by atoms with Crippen molar-refractivity contribution >= 4 is 11.9 Å². The number of hydrogen-bond acceptors (Lipinski definition) is 3. The maximum absolute atomic E-state index is 11.6. The van der Waals surface area contributed by atoms with Crippen molar-refractivity contribution in [1.82, 2.24) is 4.90 Å². The van der Waals surface area contributed by atoms with Crippen molar-refractivity contribution in [3.63, 3.8) is 0 Å². The summed E-state index contributed by atoms with van der Waals surface area (Å²) >= 11 is 0. The van der Waals surface area contributed by atoms with Gasteiger partial charge in [0.1, 0.15) is 0 Å². The van der Waals surface area contributed by atoms with Crippen LogP contribution in [-0.4, -0.2) is 30.9 Å². The van der Waals surface area contributed by atoms with Gasteiger partial charge < -0.3 is 9.64 Å². The van der Waals surface area contributed by atoms with Crippen molar-refractivity contribution in [2.45, 2.75) is 6.54 Å². The highest BCUT2D eigenvalue weighted by Crippen LogP contribution is 2.25. The van der Waals surface area contributed by atoms with Crippen LogP contribution in [0.4, 0.5) is 0 Å². The van der Waals surface area contributed by atoms with Crippen molar-refractivity contribution in [3.05, 3.63) is 34.9 Å². The zero-order chi connectivity index (χ0) is 11.0.